The number of nitrogens with zero attached hydrogens (tertiary/aromatic N) is 1. The molecule has 2 amide bonds. The molecule has 0 heterocycles. The largest absolute Gasteiger partial charge is 0.322 e. The van der Waals surface area contributed by atoms with Gasteiger partial charge in [0.05, 0.1) is 0 Å². The Hall–Kier alpha value is -1.84. The molecule has 0 saturated carbocycles. The first kappa shape index (κ1) is 16.2. The highest BCUT2D eigenvalue weighted by atomic mass is 16.2. The second-order valence-corrected chi connectivity index (χ2v) is 5.71. The monoisotopic (exact) mass is 276 g/mol. The molecule has 1 N–H and O–H groups in total. The van der Waals surface area contributed by atoms with E-state index in [1.54, 1.807) is 29.2 Å². The Labute approximate surface area is 121 Å². The van der Waals surface area contributed by atoms with Crippen LogP contribution in [0.15, 0.2) is 24.3 Å². The van der Waals surface area contributed by atoms with E-state index in [4.69, 9.17) is 0 Å². The van der Waals surface area contributed by atoms with E-state index in [0.29, 0.717) is 23.7 Å². The average molecular weight is 276 g/mol. The minimum absolute atomic E-state index is 0.0102. The third-order valence-corrected chi connectivity index (χ3v) is 2.97. The van der Waals surface area contributed by atoms with Crippen molar-refractivity contribution in [3.05, 3.63) is 29.8 Å². The summed E-state index contributed by atoms with van der Waals surface area (Å²) in [5.74, 6) is 0.399. The van der Waals surface area contributed by atoms with Crippen LogP contribution in [0.25, 0.3) is 0 Å². The van der Waals surface area contributed by atoms with E-state index in [9.17, 15) is 9.59 Å². The lowest BCUT2D eigenvalue weighted by Crippen LogP contribution is -2.42. The molecular formula is C16H24N2O2. The van der Waals surface area contributed by atoms with Gasteiger partial charge in [-0.25, -0.2) is 4.79 Å². The Morgan fingerprint density at radius 3 is 2.35 bits per heavy atom. The maximum Gasteiger partial charge on any atom is 0.322 e. The molecule has 4 nitrogen and oxygen atoms in total. The first-order valence-electron chi connectivity index (χ1n) is 7.00. The van der Waals surface area contributed by atoms with E-state index in [1.807, 2.05) is 13.8 Å². The molecule has 0 fully saturated rings. The number of rotatable bonds is 5. The summed E-state index contributed by atoms with van der Waals surface area (Å²) in [6, 6.07) is 7.01. The van der Waals surface area contributed by atoms with Crippen molar-refractivity contribution in [2.75, 3.05) is 11.9 Å². The highest BCUT2D eigenvalue weighted by Gasteiger charge is 2.18. The summed E-state index contributed by atoms with van der Waals surface area (Å²) in [6.45, 7) is 10.4. The molecular weight excluding hydrogens is 252 g/mol. The first-order valence-corrected chi connectivity index (χ1v) is 7.00. The molecule has 0 aromatic heterocycles. The van der Waals surface area contributed by atoms with Crippen LogP contribution in [0.3, 0.4) is 0 Å². The van der Waals surface area contributed by atoms with Crippen LogP contribution in [0.5, 0.6) is 0 Å². The Kier molecular flexibility index (Phi) is 5.74. The lowest BCUT2D eigenvalue weighted by atomic mass is 10.1. The van der Waals surface area contributed by atoms with Crippen molar-refractivity contribution in [1.82, 2.24) is 4.90 Å². The fourth-order valence-electron chi connectivity index (χ4n) is 1.93. The van der Waals surface area contributed by atoms with Gasteiger partial charge in [-0.15, -0.1) is 0 Å². The molecule has 4 heteroatoms. The molecule has 110 valence electrons. The summed E-state index contributed by atoms with van der Waals surface area (Å²) in [4.78, 5) is 25.4. The molecule has 0 spiro atoms. The zero-order chi connectivity index (χ0) is 15.3. The maximum atomic E-state index is 12.3. The summed E-state index contributed by atoms with van der Waals surface area (Å²) in [5, 5.41) is 2.86. The third-order valence-electron chi connectivity index (χ3n) is 2.97. The van der Waals surface area contributed by atoms with Crippen LogP contribution in [0.2, 0.25) is 0 Å². The number of ketones is 1. The van der Waals surface area contributed by atoms with Crippen LogP contribution >= 0.6 is 0 Å². The van der Waals surface area contributed by atoms with Gasteiger partial charge >= 0.3 is 6.03 Å². The molecule has 0 radical (unpaired) electrons. The molecule has 20 heavy (non-hydrogen) atoms. The molecule has 0 aliphatic heterocycles. The van der Waals surface area contributed by atoms with Crippen molar-refractivity contribution in [2.45, 2.75) is 40.7 Å². The van der Waals surface area contributed by atoms with Gasteiger partial charge < -0.3 is 10.2 Å². The predicted octanol–water partition coefficient (Wildman–Crippen LogP) is 3.79. The van der Waals surface area contributed by atoms with Gasteiger partial charge in [-0.2, -0.15) is 0 Å². The van der Waals surface area contributed by atoms with Crippen LogP contribution in [0, 0.1) is 5.92 Å². The fraction of sp³-hybridized carbons (Fsp3) is 0.500. The summed E-state index contributed by atoms with van der Waals surface area (Å²) in [5.41, 5.74) is 1.25. The molecule has 0 saturated heterocycles. The average Bonchev–Trinajstić information content (AvgIpc) is 2.35. The normalized spacial score (nSPS) is 10.8. The van der Waals surface area contributed by atoms with E-state index in [1.165, 1.54) is 6.92 Å². The molecule has 0 unspecified atom stereocenters. The molecule has 1 aromatic carbocycles. The Morgan fingerprint density at radius 1 is 1.20 bits per heavy atom. The SMILES string of the molecule is CC(=O)c1cccc(NC(=O)N(CC(C)C)C(C)C)c1. The molecule has 0 aliphatic rings. The van der Waals surface area contributed by atoms with E-state index < -0.39 is 0 Å². The standard InChI is InChI=1S/C16H24N2O2/c1-11(2)10-18(12(3)4)16(20)17-15-8-6-7-14(9-15)13(5)19/h6-9,11-12H,10H2,1-5H3,(H,17,20). The van der Waals surface area contributed by atoms with Gasteiger partial charge in [-0.1, -0.05) is 26.0 Å². The second kappa shape index (κ2) is 7.08. The number of anilines is 1. The smallest absolute Gasteiger partial charge is 0.322 e. The zero-order valence-electron chi connectivity index (χ0n) is 12.9. The quantitative estimate of drug-likeness (QED) is 0.832. The molecule has 0 atom stereocenters. The van der Waals surface area contributed by atoms with E-state index in [0.717, 1.165) is 0 Å². The van der Waals surface area contributed by atoms with E-state index in [-0.39, 0.29) is 17.9 Å². The van der Waals surface area contributed by atoms with Crippen molar-refractivity contribution in [1.29, 1.82) is 0 Å². The second-order valence-electron chi connectivity index (χ2n) is 5.71. The summed E-state index contributed by atoms with van der Waals surface area (Å²) < 4.78 is 0. The molecule has 1 aromatic rings. The predicted molar refractivity (Wildman–Crippen MR) is 82.1 cm³/mol. The van der Waals surface area contributed by atoms with E-state index in [2.05, 4.69) is 19.2 Å². The summed E-state index contributed by atoms with van der Waals surface area (Å²) in [6.07, 6.45) is 0. The van der Waals surface area contributed by atoms with Crippen LogP contribution in [-0.2, 0) is 0 Å². The Morgan fingerprint density at radius 2 is 1.85 bits per heavy atom. The number of hydrogen-bond donors (Lipinski definition) is 1. The van der Waals surface area contributed by atoms with Gasteiger partial charge in [0, 0.05) is 23.8 Å². The van der Waals surface area contributed by atoms with Gasteiger partial charge in [-0.3, -0.25) is 4.79 Å². The number of carbonyl (C=O) groups excluding carboxylic acids is 2. The molecule has 1 rings (SSSR count). The van der Waals surface area contributed by atoms with Crippen LogP contribution in [-0.4, -0.2) is 29.3 Å². The first-order chi connectivity index (χ1) is 9.31. The number of carbonyl (C=O) groups is 2. The number of Topliss-reactive ketones (excluding diaryl/α,β-unsaturated/α-hetero) is 1. The lowest BCUT2D eigenvalue weighted by Gasteiger charge is -2.28. The highest BCUT2D eigenvalue weighted by Crippen LogP contribution is 2.13. The van der Waals surface area contributed by atoms with Gasteiger partial charge in [0.1, 0.15) is 0 Å². The van der Waals surface area contributed by atoms with Crippen LogP contribution in [0.1, 0.15) is 45.0 Å². The summed E-state index contributed by atoms with van der Waals surface area (Å²) in [7, 11) is 0. The number of benzene rings is 1. The number of hydrogen-bond acceptors (Lipinski definition) is 2. The number of nitrogens with one attached hydrogen (secondary N) is 1. The van der Waals surface area contributed by atoms with Crippen LogP contribution < -0.4 is 5.32 Å². The van der Waals surface area contributed by atoms with Crippen LogP contribution in [0.4, 0.5) is 10.5 Å². The summed E-state index contributed by atoms with van der Waals surface area (Å²) >= 11 is 0. The highest BCUT2D eigenvalue weighted by molar-refractivity contribution is 5.96. The van der Waals surface area contributed by atoms with Gasteiger partial charge in [0.25, 0.3) is 0 Å². The Bertz CT molecular complexity index is 481. The maximum absolute atomic E-state index is 12.3. The van der Waals surface area contributed by atoms with Crippen molar-refractivity contribution < 1.29 is 9.59 Å². The topological polar surface area (TPSA) is 49.4 Å². The lowest BCUT2D eigenvalue weighted by molar-refractivity contribution is 0.101. The fourth-order valence-corrected chi connectivity index (χ4v) is 1.93. The van der Waals surface area contributed by atoms with Gasteiger partial charge in [0.2, 0.25) is 0 Å². The third kappa shape index (κ3) is 4.68. The molecule has 0 aliphatic carbocycles. The van der Waals surface area contributed by atoms with Crippen molar-refractivity contribution >= 4 is 17.5 Å². The van der Waals surface area contributed by atoms with Crippen molar-refractivity contribution in [3.8, 4) is 0 Å². The minimum Gasteiger partial charge on any atom is -0.322 e. The zero-order valence-corrected chi connectivity index (χ0v) is 12.9. The number of urea groups is 1. The Balaban J connectivity index is 2.82. The molecule has 0 bridgehead atoms. The van der Waals surface area contributed by atoms with Gasteiger partial charge in [0.15, 0.2) is 5.78 Å². The van der Waals surface area contributed by atoms with Gasteiger partial charge in [-0.05, 0) is 38.8 Å². The van der Waals surface area contributed by atoms with E-state index >= 15 is 0 Å². The van der Waals surface area contributed by atoms with Crippen molar-refractivity contribution in [2.24, 2.45) is 5.92 Å². The van der Waals surface area contributed by atoms with Crippen molar-refractivity contribution in [3.63, 3.8) is 0 Å². The minimum atomic E-state index is -0.130. The number of amides is 2.